The van der Waals surface area contributed by atoms with Crippen molar-refractivity contribution in [2.45, 2.75) is 26.8 Å². The summed E-state index contributed by atoms with van der Waals surface area (Å²) in [4.78, 5) is 29.0. The molecule has 2 aromatic rings. The van der Waals surface area contributed by atoms with Crippen molar-refractivity contribution in [2.24, 2.45) is 0 Å². The van der Waals surface area contributed by atoms with Gasteiger partial charge in [0.05, 0.1) is 13.1 Å². The topological polar surface area (TPSA) is 64.7 Å². The molecular weight excluding hydrogens is 376 g/mol. The number of carbonyl (C=O) groups excluding carboxylic acids is 2. The van der Waals surface area contributed by atoms with Crippen LogP contribution in [0.15, 0.2) is 48.5 Å². The van der Waals surface area contributed by atoms with Gasteiger partial charge in [-0.3, -0.25) is 19.4 Å². The van der Waals surface area contributed by atoms with Crippen LogP contribution in [0.2, 0.25) is 0 Å². The Morgan fingerprint density at radius 3 is 2.20 bits per heavy atom. The second kappa shape index (κ2) is 10.9. The van der Waals surface area contributed by atoms with Crippen molar-refractivity contribution in [3.8, 4) is 0 Å². The predicted molar refractivity (Wildman–Crippen MR) is 120 cm³/mol. The van der Waals surface area contributed by atoms with E-state index in [1.807, 2.05) is 31.2 Å². The maximum absolute atomic E-state index is 12.3. The Bertz CT molecular complexity index is 860. The highest BCUT2D eigenvalue weighted by Crippen LogP contribution is 2.15. The summed E-state index contributed by atoms with van der Waals surface area (Å²) in [7, 11) is 0. The summed E-state index contributed by atoms with van der Waals surface area (Å²) in [6.07, 6.45) is 0.846. The van der Waals surface area contributed by atoms with Crippen LogP contribution >= 0.6 is 0 Å². The molecule has 6 heteroatoms. The minimum Gasteiger partial charge on any atom is -0.346 e. The van der Waals surface area contributed by atoms with Crippen LogP contribution < -0.4 is 10.6 Å². The molecule has 30 heavy (non-hydrogen) atoms. The zero-order valence-electron chi connectivity index (χ0n) is 18.0. The molecule has 1 fully saturated rings. The molecule has 160 valence electrons. The van der Waals surface area contributed by atoms with Crippen LogP contribution in [0.3, 0.4) is 0 Å². The first kappa shape index (κ1) is 22.0. The smallest absolute Gasteiger partial charge is 0.243 e. The maximum atomic E-state index is 12.3. The molecule has 1 aliphatic heterocycles. The fourth-order valence-electron chi connectivity index (χ4n) is 3.72. The van der Waals surface area contributed by atoms with Crippen LogP contribution in [0, 0.1) is 6.92 Å². The lowest BCUT2D eigenvalue weighted by molar-refractivity contribution is -0.125. The van der Waals surface area contributed by atoms with Gasteiger partial charge >= 0.3 is 0 Å². The Morgan fingerprint density at radius 2 is 1.50 bits per heavy atom. The molecule has 2 aromatic carbocycles. The van der Waals surface area contributed by atoms with E-state index in [9.17, 15) is 9.59 Å². The summed E-state index contributed by atoms with van der Waals surface area (Å²) in [6.45, 7) is 9.06. The Kier molecular flexibility index (Phi) is 7.99. The van der Waals surface area contributed by atoms with Crippen molar-refractivity contribution < 1.29 is 9.59 Å². The number of nitrogens with one attached hydrogen (secondary N) is 2. The van der Waals surface area contributed by atoms with E-state index < -0.39 is 0 Å². The highest BCUT2D eigenvalue weighted by atomic mass is 16.2. The SMILES string of the molecule is CCc1ccccc1NC(=O)CNC(=O)CN1CCN(Cc2ccccc2C)CC1. The fraction of sp³-hybridized carbons (Fsp3) is 0.417. The third-order valence-electron chi connectivity index (χ3n) is 5.61. The molecule has 0 spiro atoms. The van der Waals surface area contributed by atoms with Crippen molar-refractivity contribution in [3.05, 3.63) is 65.2 Å². The average molecular weight is 409 g/mol. The zero-order valence-corrected chi connectivity index (χ0v) is 18.0. The van der Waals surface area contributed by atoms with Crippen LogP contribution in [-0.2, 0) is 22.6 Å². The molecule has 0 aromatic heterocycles. The predicted octanol–water partition coefficient (Wildman–Crippen LogP) is 2.43. The second-order valence-electron chi connectivity index (χ2n) is 7.81. The van der Waals surface area contributed by atoms with Crippen LogP contribution in [-0.4, -0.2) is 60.9 Å². The first-order chi connectivity index (χ1) is 14.5. The van der Waals surface area contributed by atoms with Crippen molar-refractivity contribution in [1.29, 1.82) is 0 Å². The number of nitrogens with zero attached hydrogens (tertiary/aromatic N) is 2. The summed E-state index contributed by atoms with van der Waals surface area (Å²) in [5.41, 5.74) is 4.57. The van der Waals surface area contributed by atoms with E-state index in [0.717, 1.165) is 50.4 Å². The normalized spacial score (nSPS) is 15.0. The number of aryl methyl sites for hydroxylation is 2. The molecule has 3 rings (SSSR count). The van der Waals surface area contributed by atoms with Crippen LogP contribution in [0.25, 0.3) is 0 Å². The molecule has 2 amide bonds. The number of anilines is 1. The lowest BCUT2D eigenvalue weighted by Crippen LogP contribution is -2.49. The average Bonchev–Trinajstić information content (AvgIpc) is 2.76. The zero-order chi connectivity index (χ0) is 21.3. The molecule has 0 aliphatic carbocycles. The highest BCUT2D eigenvalue weighted by molar-refractivity contribution is 5.95. The van der Waals surface area contributed by atoms with E-state index in [2.05, 4.69) is 51.6 Å². The number of hydrogen-bond acceptors (Lipinski definition) is 4. The quantitative estimate of drug-likeness (QED) is 0.704. The number of carbonyl (C=O) groups is 2. The van der Waals surface area contributed by atoms with Gasteiger partial charge in [-0.05, 0) is 36.1 Å². The number of benzene rings is 2. The molecule has 2 N–H and O–H groups in total. The van der Waals surface area contributed by atoms with E-state index in [-0.39, 0.29) is 18.4 Å². The summed E-state index contributed by atoms with van der Waals surface area (Å²) in [5, 5.41) is 5.62. The molecule has 6 nitrogen and oxygen atoms in total. The molecule has 1 heterocycles. The molecule has 0 bridgehead atoms. The van der Waals surface area contributed by atoms with Gasteiger partial charge in [-0.1, -0.05) is 49.4 Å². The molecule has 0 saturated carbocycles. The van der Waals surface area contributed by atoms with Crippen molar-refractivity contribution in [1.82, 2.24) is 15.1 Å². The molecule has 0 radical (unpaired) electrons. The summed E-state index contributed by atoms with van der Waals surface area (Å²) >= 11 is 0. The van der Waals surface area contributed by atoms with Crippen molar-refractivity contribution in [2.75, 3.05) is 44.6 Å². The number of rotatable bonds is 8. The largest absolute Gasteiger partial charge is 0.346 e. The Balaban J connectivity index is 1.36. The van der Waals surface area contributed by atoms with Crippen molar-refractivity contribution >= 4 is 17.5 Å². The van der Waals surface area contributed by atoms with Crippen molar-refractivity contribution in [3.63, 3.8) is 0 Å². The van der Waals surface area contributed by atoms with Gasteiger partial charge < -0.3 is 10.6 Å². The Morgan fingerprint density at radius 1 is 0.867 bits per heavy atom. The third-order valence-corrected chi connectivity index (χ3v) is 5.61. The van der Waals surface area contributed by atoms with Gasteiger partial charge in [0.2, 0.25) is 11.8 Å². The molecule has 0 atom stereocenters. The van der Waals surface area contributed by atoms with Gasteiger partial charge in [0.1, 0.15) is 0 Å². The monoisotopic (exact) mass is 408 g/mol. The second-order valence-corrected chi connectivity index (χ2v) is 7.81. The van der Waals surface area contributed by atoms with E-state index in [1.165, 1.54) is 11.1 Å². The van der Waals surface area contributed by atoms with E-state index in [0.29, 0.717) is 6.54 Å². The standard InChI is InChI=1S/C24H32N4O2/c1-3-20-9-6-7-11-22(20)26-23(29)16-25-24(30)18-28-14-12-27(13-15-28)17-21-10-5-4-8-19(21)2/h4-11H,3,12-18H2,1-2H3,(H,25,30)(H,26,29). The van der Waals surface area contributed by atoms with E-state index >= 15 is 0 Å². The number of hydrogen-bond donors (Lipinski definition) is 2. The van der Waals surface area contributed by atoms with Gasteiger partial charge in [-0.15, -0.1) is 0 Å². The first-order valence-corrected chi connectivity index (χ1v) is 10.7. The van der Waals surface area contributed by atoms with E-state index in [4.69, 9.17) is 0 Å². The van der Waals surface area contributed by atoms with E-state index in [1.54, 1.807) is 0 Å². The molecular formula is C24H32N4O2. The minimum absolute atomic E-state index is 0.00979. The number of amides is 2. The van der Waals surface area contributed by atoms with Gasteiger partial charge in [-0.2, -0.15) is 0 Å². The minimum atomic E-state index is -0.202. The third kappa shape index (κ3) is 6.40. The lowest BCUT2D eigenvalue weighted by Gasteiger charge is -2.34. The number of para-hydroxylation sites is 1. The fourth-order valence-corrected chi connectivity index (χ4v) is 3.72. The van der Waals surface area contributed by atoms with Gasteiger partial charge in [0.25, 0.3) is 0 Å². The summed E-state index contributed by atoms with van der Waals surface area (Å²) in [5.74, 6) is -0.311. The lowest BCUT2D eigenvalue weighted by atomic mass is 10.1. The van der Waals surface area contributed by atoms with Gasteiger partial charge in [0, 0.05) is 38.4 Å². The summed E-state index contributed by atoms with van der Waals surface area (Å²) < 4.78 is 0. The molecule has 1 aliphatic rings. The molecule has 0 unspecified atom stereocenters. The van der Waals surface area contributed by atoms with Crippen LogP contribution in [0.4, 0.5) is 5.69 Å². The highest BCUT2D eigenvalue weighted by Gasteiger charge is 2.19. The van der Waals surface area contributed by atoms with Crippen LogP contribution in [0.1, 0.15) is 23.6 Å². The van der Waals surface area contributed by atoms with Gasteiger partial charge in [-0.25, -0.2) is 0 Å². The van der Waals surface area contributed by atoms with Gasteiger partial charge in [0.15, 0.2) is 0 Å². The van der Waals surface area contributed by atoms with Crippen LogP contribution in [0.5, 0.6) is 0 Å². The number of piperazine rings is 1. The Hall–Kier alpha value is -2.70. The first-order valence-electron chi connectivity index (χ1n) is 10.7. The summed E-state index contributed by atoms with van der Waals surface area (Å²) in [6, 6.07) is 16.2. The maximum Gasteiger partial charge on any atom is 0.243 e. The Labute approximate surface area is 179 Å². The molecule has 1 saturated heterocycles.